The highest BCUT2D eigenvalue weighted by molar-refractivity contribution is 5.03. The van der Waals surface area contributed by atoms with Gasteiger partial charge in [-0.05, 0) is 31.9 Å². The van der Waals surface area contributed by atoms with Crippen molar-refractivity contribution in [3.05, 3.63) is 41.7 Å². The lowest BCUT2D eigenvalue weighted by Crippen LogP contribution is -2.22. The molecule has 2 aromatic rings. The lowest BCUT2D eigenvalue weighted by molar-refractivity contribution is 0.307. The van der Waals surface area contributed by atoms with Gasteiger partial charge in [0.1, 0.15) is 5.82 Å². The monoisotopic (exact) mass is 257 g/mol. The molecule has 1 atom stereocenters. The summed E-state index contributed by atoms with van der Waals surface area (Å²) in [6.07, 6.45) is 7.05. The van der Waals surface area contributed by atoms with Crippen LogP contribution < -0.4 is 0 Å². The van der Waals surface area contributed by atoms with Crippen LogP contribution >= 0.6 is 0 Å². The Hall–Kier alpha value is -1.75. The molecule has 0 bridgehead atoms. The van der Waals surface area contributed by atoms with E-state index < -0.39 is 0 Å². The topological polar surface area (TPSA) is 46.8 Å². The summed E-state index contributed by atoms with van der Waals surface area (Å²) < 4.78 is 2.10. The van der Waals surface area contributed by atoms with E-state index in [1.807, 2.05) is 25.4 Å². The van der Waals surface area contributed by atoms with Gasteiger partial charge in [-0.1, -0.05) is 0 Å². The van der Waals surface area contributed by atoms with Crippen molar-refractivity contribution in [3.8, 4) is 0 Å². The smallest absolute Gasteiger partial charge is 0.125 e. The van der Waals surface area contributed by atoms with E-state index in [1.54, 1.807) is 0 Å². The SMILES string of the molecule is Cc1cnn(C2CCN(Cc3ccnc(C)n3)C2)c1. The summed E-state index contributed by atoms with van der Waals surface area (Å²) in [4.78, 5) is 11.0. The number of hydrogen-bond donors (Lipinski definition) is 0. The largest absolute Gasteiger partial charge is 0.295 e. The molecule has 5 heteroatoms. The third-order valence-corrected chi connectivity index (χ3v) is 3.57. The molecule has 1 unspecified atom stereocenters. The molecule has 1 fully saturated rings. The van der Waals surface area contributed by atoms with Crippen LogP contribution in [0, 0.1) is 13.8 Å². The first-order valence-corrected chi connectivity index (χ1v) is 6.72. The van der Waals surface area contributed by atoms with Gasteiger partial charge in [-0.2, -0.15) is 5.10 Å². The van der Waals surface area contributed by atoms with Crippen LogP contribution in [0.15, 0.2) is 24.7 Å². The summed E-state index contributed by atoms with van der Waals surface area (Å²) in [6, 6.07) is 2.50. The third-order valence-electron chi connectivity index (χ3n) is 3.57. The molecule has 0 aliphatic carbocycles. The van der Waals surface area contributed by atoms with Crippen LogP contribution in [0.2, 0.25) is 0 Å². The molecule has 2 aromatic heterocycles. The quantitative estimate of drug-likeness (QED) is 0.840. The molecule has 19 heavy (non-hydrogen) atoms. The van der Waals surface area contributed by atoms with Crippen molar-refractivity contribution < 1.29 is 0 Å². The number of aryl methyl sites for hydroxylation is 2. The van der Waals surface area contributed by atoms with E-state index in [-0.39, 0.29) is 0 Å². The van der Waals surface area contributed by atoms with Gasteiger partial charge in [-0.25, -0.2) is 9.97 Å². The van der Waals surface area contributed by atoms with Gasteiger partial charge in [0.25, 0.3) is 0 Å². The molecule has 1 aliphatic rings. The molecule has 0 amide bonds. The van der Waals surface area contributed by atoms with Crippen molar-refractivity contribution in [1.29, 1.82) is 0 Å². The molecule has 0 radical (unpaired) electrons. The third kappa shape index (κ3) is 2.81. The Kier molecular flexibility index (Phi) is 3.29. The molecule has 0 saturated carbocycles. The zero-order chi connectivity index (χ0) is 13.2. The van der Waals surface area contributed by atoms with Gasteiger partial charge >= 0.3 is 0 Å². The minimum Gasteiger partial charge on any atom is -0.295 e. The van der Waals surface area contributed by atoms with E-state index in [1.165, 1.54) is 5.56 Å². The van der Waals surface area contributed by atoms with Gasteiger partial charge < -0.3 is 0 Å². The fraction of sp³-hybridized carbons (Fsp3) is 0.500. The Morgan fingerprint density at radius 2 is 2.26 bits per heavy atom. The summed E-state index contributed by atoms with van der Waals surface area (Å²) in [5.41, 5.74) is 2.33. The highest BCUT2D eigenvalue weighted by Gasteiger charge is 2.24. The number of likely N-dealkylation sites (tertiary alicyclic amines) is 1. The van der Waals surface area contributed by atoms with E-state index in [0.717, 1.165) is 37.6 Å². The number of aromatic nitrogens is 4. The molecule has 0 aromatic carbocycles. The van der Waals surface area contributed by atoms with E-state index in [4.69, 9.17) is 0 Å². The lowest BCUT2D eigenvalue weighted by atomic mass is 10.3. The summed E-state index contributed by atoms with van der Waals surface area (Å²) in [7, 11) is 0. The van der Waals surface area contributed by atoms with E-state index in [2.05, 4.69) is 37.8 Å². The van der Waals surface area contributed by atoms with Crippen LogP contribution in [0.1, 0.15) is 29.5 Å². The Bertz CT molecular complexity index is 562. The highest BCUT2D eigenvalue weighted by atomic mass is 15.3. The maximum Gasteiger partial charge on any atom is 0.125 e. The maximum absolute atomic E-state index is 4.46. The number of hydrogen-bond acceptors (Lipinski definition) is 4. The van der Waals surface area contributed by atoms with E-state index in [0.29, 0.717) is 6.04 Å². The van der Waals surface area contributed by atoms with Gasteiger partial charge in [-0.3, -0.25) is 9.58 Å². The Morgan fingerprint density at radius 3 is 3.00 bits per heavy atom. The summed E-state index contributed by atoms with van der Waals surface area (Å²) in [5.74, 6) is 0.843. The predicted molar refractivity (Wildman–Crippen MR) is 72.7 cm³/mol. The Morgan fingerprint density at radius 1 is 1.37 bits per heavy atom. The lowest BCUT2D eigenvalue weighted by Gasteiger charge is -2.15. The predicted octanol–water partition coefficient (Wildman–Crippen LogP) is 1.74. The fourth-order valence-corrected chi connectivity index (χ4v) is 2.63. The van der Waals surface area contributed by atoms with E-state index >= 15 is 0 Å². The van der Waals surface area contributed by atoms with Crippen LogP contribution in [0.25, 0.3) is 0 Å². The molecule has 3 heterocycles. The zero-order valence-electron chi connectivity index (χ0n) is 11.5. The normalized spacial score (nSPS) is 20.0. The van der Waals surface area contributed by atoms with Gasteiger partial charge in [0.2, 0.25) is 0 Å². The molecular formula is C14H19N5. The standard InChI is InChI=1S/C14H19N5/c1-11-7-16-19(8-11)14-4-6-18(10-14)9-13-3-5-15-12(2)17-13/h3,5,7-8,14H,4,6,9-10H2,1-2H3. The molecule has 1 aliphatic heterocycles. The van der Waals surface area contributed by atoms with Gasteiger partial charge in [-0.15, -0.1) is 0 Å². The fourth-order valence-electron chi connectivity index (χ4n) is 2.63. The zero-order valence-corrected chi connectivity index (χ0v) is 11.5. The van der Waals surface area contributed by atoms with Crippen LogP contribution in [0.3, 0.4) is 0 Å². The highest BCUT2D eigenvalue weighted by Crippen LogP contribution is 2.22. The van der Waals surface area contributed by atoms with Gasteiger partial charge in [0.15, 0.2) is 0 Å². The second kappa shape index (κ2) is 5.09. The second-order valence-electron chi connectivity index (χ2n) is 5.27. The molecule has 0 spiro atoms. The number of nitrogens with zero attached hydrogens (tertiary/aromatic N) is 5. The first kappa shape index (κ1) is 12.3. The van der Waals surface area contributed by atoms with E-state index in [9.17, 15) is 0 Å². The van der Waals surface area contributed by atoms with Crippen molar-refractivity contribution in [1.82, 2.24) is 24.6 Å². The maximum atomic E-state index is 4.46. The van der Waals surface area contributed by atoms with Crippen LogP contribution in [-0.4, -0.2) is 37.7 Å². The van der Waals surface area contributed by atoms with Crippen molar-refractivity contribution in [2.24, 2.45) is 0 Å². The average Bonchev–Trinajstić information content (AvgIpc) is 2.98. The van der Waals surface area contributed by atoms with Crippen LogP contribution in [-0.2, 0) is 6.54 Å². The first-order valence-electron chi connectivity index (χ1n) is 6.72. The molecule has 5 nitrogen and oxygen atoms in total. The summed E-state index contributed by atoms with van der Waals surface area (Å²) >= 11 is 0. The molecule has 1 saturated heterocycles. The molecule has 0 N–H and O–H groups in total. The first-order chi connectivity index (χ1) is 9.20. The van der Waals surface area contributed by atoms with Crippen molar-refractivity contribution >= 4 is 0 Å². The Labute approximate surface area is 113 Å². The summed E-state index contributed by atoms with van der Waals surface area (Å²) in [6.45, 7) is 7.07. The van der Waals surface area contributed by atoms with Crippen LogP contribution in [0.5, 0.6) is 0 Å². The average molecular weight is 257 g/mol. The van der Waals surface area contributed by atoms with Crippen molar-refractivity contribution in [3.63, 3.8) is 0 Å². The summed E-state index contributed by atoms with van der Waals surface area (Å²) in [5, 5.41) is 4.42. The van der Waals surface area contributed by atoms with Gasteiger partial charge in [0.05, 0.1) is 17.9 Å². The Balaban J connectivity index is 1.63. The van der Waals surface area contributed by atoms with Crippen molar-refractivity contribution in [2.75, 3.05) is 13.1 Å². The number of rotatable bonds is 3. The van der Waals surface area contributed by atoms with Crippen molar-refractivity contribution in [2.45, 2.75) is 32.9 Å². The minimum absolute atomic E-state index is 0.497. The molecular weight excluding hydrogens is 238 g/mol. The molecule has 3 rings (SSSR count). The van der Waals surface area contributed by atoms with Crippen LogP contribution in [0.4, 0.5) is 0 Å². The minimum atomic E-state index is 0.497. The van der Waals surface area contributed by atoms with Gasteiger partial charge in [0, 0.05) is 32.0 Å². The second-order valence-corrected chi connectivity index (χ2v) is 5.27. The molecule has 100 valence electrons.